The Labute approximate surface area is 142 Å². The van der Waals surface area contributed by atoms with Crippen molar-refractivity contribution in [3.63, 3.8) is 0 Å². The minimum absolute atomic E-state index is 0.0556. The highest BCUT2D eigenvalue weighted by molar-refractivity contribution is 5.89. The lowest BCUT2D eigenvalue weighted by atomic mass is 10.1. The van der Waals surface area contributed by atoms with Crippen molar-refractivity contribution in [3.8, 4) is 0 Å². The summed E-state index contributed by atoms with van der Waals surface area (Å²) in [5.41, 5.74) is 7.76. The molecule has 0 heterocycles. The van der Waals surface area contributed by atoms with Crippen molar-refractivity contribution in [1.29, 1.82) is 0 Å². The number of aromatic carboxylic acids is 2. The lowest BCUT2D eigenvalue weighted by molar-refractivity contribution is -0.417. The predicted octanol–water partition coefficient (Wildman–Crippen LogP) is -1.24. The van der Waals surface area contributed by atoms with Crippen molar-refractivity contribution in [1.82, 2.24) is 0 Å². The second kappa shape index (κ2) is 10.8. The Kier molecular flexibility index (Phi) is 9.04. The summed E-state index contributed by atoms with van der Waals surface area (Å²) in [4.78, 5) is 20.4. The molecule has 2 fully saturated rings. The standard InChI is InChI=1S/C8H6O4.2C5H11N/c9-7(10)5-1-2-6(4-3-5)8(11)12;2*6-5-3-1-2-4-5/h1-4H,(H,9,10)(H,11,12);2*5H,1-4,6H2. The van der Waals surface area contributed by atoms with Crippen molar-refractivity contribution in [2.24, 2.45) is 0 Å². The van der Waals surface area contributed by atoms with E-state index in [1.807, 2.05) is 0 Å². The first kappa shape index (κ1) is 20.1. The maximum Gasteiger partial charge on any atom is 0.0843 e. The fraction of sp³-hybridized carbons (Fsp3) is 0.556. The molecule has 6 nitrogen and oxygen atoms in total. The summed E-state index contributed by atoms with van der Waals surface area (Å²) in [7, 11) is 0. The summed E-state index contributed by atoms with van der Waals surface area (Å²) in [6.07, 6.45) is 11.2. The fourth-order valence-electron chi connectivity index (χ4n) is 2.76. The van der Waals surface area contributed by atoms with Gasteiger partial charge in [0.05, 0.1) is 24.0 Å². The number of carboxylic acid groups (broad SMARTS) is 2. The Morgan fingerprint density at radius 1 is 0.708 bits per heavy atom. The van der Waals surface area contributed by atoms with Gasteiger partial charge in [-0.1, -0.05) is 24.3 Å². The zero-order valence-electron chi connectivity index (χ0n) is 14.2. The zero-order valence-corrected chi connectivity index (χ0v) is 14.2. The third-order valence-electron chi connectivity index (χ3n) is 4.31. The fourth-order valence-corrected chi connectivity index (χ4v) is 2.76. The lowest BCUT2D eigenvalue weighted by Gasteiger charge is -2.04. The summed E-state index contributed by atoms with van der Waals surface area (Å²) >= 11 is 0. The number of carbonyl (C=O) groups excluding carboxylic acids is 2. The van der Waals surface area contributed by atoms with Crippen molar-refractivity contribution >= 4 is 11.9 Å². The van der Waals surface area contributed by atoms with Crippen LogP contribution in [0, 0.1) is 0 Å². The normalized spacial score (nSPS) is 17.4. The Morgan fingerprint density at radius 2 is 0.958 bits per heavy atom. The van der Waals surface area contributed by atoms with E-state index in [1.165, 1.54) is 51.4 Å². The molecule has 1 aromatic carbocycles. The molecule has 0 bridgehead atoms. The monoisotopic (exact) mass is 336 g/mol. The molecule has 6 heteroatoms. The SMILES string of the molecule is O=C([O-])c1ccc(C(=O)[O-])cc1.[NH3+]C1CCCC1.[NH3+]C1CCCC1. The van der Waals surface area contributed by atoms with Gasteiger partial charge in [0.2, 0.25) is 0 Å². The van der Waals surface area contributed by atoms with Gasteiger partial charge in [-0.25, -0.2) is 0 Å². The van der Waals surface area contributed by atoms with Gasteiger partial charge >= 0.3 is 0 Å². The Bertz CT molecular complexity index is 457. The smallest absolute Gasteiger partial charge is 0.0843 e. The summed E-state index contributed by atoms with van der Waals surface area (Å²) < 4.78 is 0. The van der Waals surface area contributed by atoms with Crippen molar-refractivity contribution in [3.05, 3.63) is 35.4 Å². The molecule has 0 amide bonds. The van der Waals surface area contributed by atoms with E-state index in [-0.39, 0.29) is 11.1 Å². The molecule has 6 N–H and O–H groups in total. The molecular weight excluding hydrogens is 308 g/mol. The third-order valence-corrected chi connectivity index (χ3v) is 4.31. The zero-order chi connectivity index (χ0) is 17.9. The van der Waals surface area contributed by atoms with Gasteiger partial charge in [-0.3, -0.25) is 0 Å². The van der Waals surface area contributed by atoms with E-state index in [0.717, 1.165) is 36.3 Å². The second-order valence-corrected chi connectivity index (χ2v) is 6.45. The van der Waals surface area contributed by atoms with Crippen molar-refractivity contribution in [2.75, 3.05) is 0 Å². The Hall–Kier alpha value is -1.92. The first-order valence-corrected chi connectivity index (χ1v) is 8.59. The average Bonchev–Trinajstić information content (AvgIpc) is 3.22. The number of hydrogen-bond acceptors (Lipinski definition) is 4. The first-order valence-electron chi connectivity index (χ1n) is 8.59. The van der Waals surface area contributed by atoms with Crippen LogP contribution in [0.2, 0.25) is 0 Å². The van der Waals surface area contributed by atoms with Gasteiger partial charge in [-0.05, 0) is 62.5 Å². The van der Waals surface area contributed by atoms with Crippen LogP contribution in [0.25, 0.3) is 0 Å². The summed E-state index contributed by atoms with van der Waals surface area (Å²) in [5, 5.41) is 20.4. The predicted molar refractivity (Wildman–Crippen MR) is 85.4 cm³/mol. The van der Waals surface area contributed by atoms with Crippen molar-refractivity contribution in [2.45, 2.75) is 63.5 Å². The van der Waals surface area contributed by atoms with Gasteiger partial charge < -0.3 is 31.3 Å². The third kappa shape index (κ3) is 8.08. The maximum absolute atomic E-state index is 10.2. The molecule has 24 heavy (non-hydrogen) atoms. The first-order chi connectivity index (χ1) is 11.4. The molecule has 0 aliphatic heterocycles. The molecule has 3 rings (SSSR count). The quantitative estimate of drug-likeness (QED) is 0.697. The Morgan fingerprint density at radius 3 is 1.08 bits per heavy atom. The van der Waals surface area contributed by atoms with Gasteiger partial charge in [-0.2, -0.15) is 0 Å². The molecule has 0 unspecified atom stereocenters. The van der Waals surface area contributed by atoms with E-state index in [9.17, 15) is 19.8 Å². The number of hydrogen-bond donors (Lipinski definition) is 2. The van der Waals surface area contributed by atoms with Crippen LogP contribution in [0.1, 0.15) is 72.1 Å². The van der Waals surface area contributed by atoms with E-state index < -0.39 is 11.9 Å². The Balaban J connectivity index is 0.000000200. The molecule has 0 radical (unpaired) electrons. The van der Waals surface area contributed by atoms with E-state index in [2.05, 4.69) is 11.5 Å². The van der Waals surface area contributed by atoms with Gasteiger partial charge in [-0.15, -0.1) is 0 Å². The summed E-state index contributed by atoms with van der Waals surface area (Å²) in [6, 6.07) is 6.21. The van der Waals surface area contributed by atoms with Gasteiger partial charge in [0.25, 0.3) is 0 Å². The maximum atomic E-state index is 10.2. The van der Waals surface area contributed by atoms with Crippen LogP contribution in [-0.2, 0) is 0 Å². The largest absolute Gasteiger partial charge is 0.545 e. The molecule has 2 aliphatic rings. The van der Waals surface area contributed by atoms with E-state index in [1.54, 1.807) is 0 Å². The van der Waals surface area contributed by atoms with E-state index >= 15 is 0 Å². The topological polar surface area (TPSA) is 136 Å². The number of quaternary nitrogens is 2. The van der Waals surface area contributed by atoms with Crippen LogP contribution in [-0.4, -0.2) is 24.0 Å². The molecule has 0 atom stereocenters. The molecule has 2 saturated carbocycles. The highest BCUT2D eigenvalue weighted by atomic mass is 16.4. The van der Waals surface area contributed by atoms with Gasteiger partial charge in [0.1, 0.15) is 0 Å². The van der Waals surface area contributed by atoms with Crippen LogP contribution < -0.4 is 21.7 Å². The van der Waals surface area contributed by atoms with Crippen LogP contribution in [0.4, 0.5) is 0 Å². The number of carbonyl (C=O) groups is 2. The van der Waals surface area contributed by atoms with Crippen LogP contribution in [0.5, 0.6) is 0 Å². The van der Waals surface area contributed by atoms with Crippen LogP contribution >= 0.6 is 0 Å². The van der Waals surface area contributed by atoms with E-state index in [0.29, 0.717) is 0 Å². The van der Waals surface area contributed by atoms with E-state index in [4.69, 9.17) is 0 Å². The molecule has 0 spiro atoms. The summed E-state index contributed by atoms with van der Waals surface area (Å²) in [5.74, 6) is -2.67. The molecule has 1 aromatic rings. The number of benzene rings is 1. The van der Waals surface area contributed by atoms with Gasteiger partial charge in [0.15, 0.2) is 0 Å². The molecular formula is C18H28N2O4. The molecule has 134 valence electrons. The highest BCUT2D eigenvalue weighted by Gasteiger charge is 2.11. The minimum Gasteiger partial charge on any atom is -0.545 e. The molecule has 0 saturated heterocycles. The minimum atomic E-state index is -1.33. The van der Waals surface area contributed by atoms with Gasteiger partial charge in [0, 0.05) is 0 Å². The second-order valence-electron chi connectivity index (χ2n) is 6.45. The number of rotatable bonds is 2. The lowest BCUT2D eigenvalue weighted by Crippen LogP contribution is -2.59. The molecule has 0 aromatic heterocycles. The summed E-state index contributed by atoms with van der Waals surface area (Å²) in [6.45, 7) is 0. The number of carboxylic acids is 2. The van der Waals surface area contributed by atoms with Crippen molar-refractivity contribution < 1.29 is 31.3 Å². The van der Waals surface area contributed by atoms with Crippen LogP contribution in [0.15, 0.2) is 24.3 Å². The highest BCUT2D eigenvalue weighted by Crippen LogP contribution is 2.13. The average molecular weight is 336 g/mol. The van der Waals surface area contributed by atoms with Crippen LogP contribution in [0.3, 0.4) is 0 Å². The molecule has 2 aliphatic carbocycles.